The molecule has 0 saturated carbocycles. The molecule has 1 aliphatic heterocycles. The van der Waals surface area contributed by atoms with Crippen LogP contribution in [0.2, 0.25) is 0 Å². The van der Waals surface area contributed by atoms with Gasteiger partial charge in [0.25, 0.3) is 0 Å². The maximum absolute atomic E-state index is 12.9. The van der Waals surface area contributed by atoms with Crippen molar-refractivity contribution in [2.75, 3.05) is 13.1 Å². The minimum Gasteiger partial charge on any atom is -0.342 e. The molecule has 1 spiro atoms. The van der Waals surface area contributed by atoms with Crippen molar-refractivity contribution < 1.29 is 4.79 Å². The molecule has 2 aromatic heterocycles. The first kappa shape index (κ1) is 16.4. The molecule has 1 aliphatic carbocycles. The standard InChI is InChI=1S/C20H23N5O2/c26-17(7-11-25-16-5-2-1-4-15(16)22-19(25)27)24-10-3-8-20(13-24)9-6-14-12-21-23-18(14)20/h1-2,4-5,12H,3,6-11,13H2,(H,21,23)(H,22,27). The van der Waals surface area contributed by atoms with Crippen molar-refractivity contribution in [2.24, 2.45) is 0 Å². The van der Waals surface area contributed by atoms with Crippen LogP contribution in [0.4, 0.5) is 0 Å². The lowest BCUT2D eigenvalue weighted by atomic mass is 9.77. The van der Waals surface area contributed by atoms with Gasteiger partial charge in [0.15, 0.2) is 0 Å². The molecule has 2 aliphatic rings. The van der Waals surface area contributed by atoms with Crippen LogP contribution >= 0.6 is 0 Å². The van der Waals surface area contributed by atoms with Crippen LogP contribution < -0.4 is 5.69 Å². The predicted molar refractivity (Wildman–Crippen MR) is 102 cm³/mol. The van der Waals surface area contributed by atoms with Crippen LogP contribution in [0.3, 0.4) is 0 Å². The van der Waals surface area contributed by atoms with Gasteiger partial charge in [-0.15, -0.1) is 0 Å². The average Bonchev–Trinajstić information content (AvgIpc) is 3.36. The van der Waals surface area contributed by atoms with E-state index >= 15 is 0 Å². The average molecular weight is 365 g/mol. The van der Waals surface area contributed by atoms with E-state index in [1.165, 1.54) is 11.3 Å². The zero-order valence-electron chi connectivity index (χ0n) is 15.2. The van der Waals surface area contributed by atoms with E-state index in [9.17, 15) is 9.59 Å². The van der Waals surface area contributed by atoms with Crippen LogP contribution in [0.5, 0.6) is 0 Å². The number of piperidine rings is 1. The molecule has 1 aromatic carbocycles. The number of nitrogens with zero attached hydrogens (tertiary/aromatic N) is 3. The summed E-state index contributed by atoms with van der Waals surface area (Å²) in [6.07, 6.45) is 6.51. The highest BCUT2D eigenvalue weighted by Crippen LogP contribution is 2.43. The van der Waals surface area contributed by atoms with Gasteiger partial charge < -0.3 is 9.88 Å². The van der Waals surface area contributed by atoms with Gasteiger partial charge in [-0.3, -0.25) is 14.5 Å². The van der Waals surface area contributed by atoms with Crippen molar-refractivity contribution >= 4 is 16.9 Å². The second-order valence-corrected chi connectivity index (χ2v) is 7.82. The predicted octanol–water partition coefficient (Wildman–Crippen LogP) is 1.95. The van der Waals surface area contributed by atoms with E-state index in [4.69, 9.17) is 0 Å². The Kier molecular flexibility index (Phi) is 3.70. The molecule has 1 atom stereocenters. The number of carbonyl (C=O) groups is 1. The number of carbonyl (C=O) groups excluding carboxylic acids is 1. The Morgan fingerprint density at radius 3 is 3.07 bits per heavy atom. The monoisotopic (exact) mass is 365 g/mol. The van der Waals surface area contributed by atoms with Crippen molar-refractivity contribution in [1.29, 1.82) is 0 Å². The number of amides is 1. The molecule has 7 nitrogen and oxygen atoms in total. The zero-order valence-corrected chi connectivity index (χ0v) is 15.2. The third kappa shape index (κ3) is 2.60. The molecule has 27 heavy (non-hydrogen) atoms. The van der Waals surface area contributed by atoms with Crippen LogP contribution in [-0.2, 0) is 23.2 Å². The van der Waals surface area contributed by atoms with E-state index in [-0.39, 0.29) is 17.0 Å². The third-order valence-corrected chi connectivity index (χ3v) is 6.28. The van der Waals surface area contributed by atoms with Crippen molar-refractivity contribution in [3.8, 4) is 0 Å². The molecule has 1 unspecified atom stereocenters. The molecule has 2 N–H and O–H groups in total. The van der Waals surface area contributed by atoms with E-state index in [2.05, 4.69) is 15.2 Å². The summed E-state index contributed by atoms with van der Waals surface area (Å²) in [5.74, 6) is 0.124. The van der Waals surface area contributed by atoms with Crippen LogP contribution in [0.15, 0.2) is 35.3 Å². The molecule has 0 bridgehead atoms. The minimum absolute atomic E-state index is 0.0390. The van der Waals surface area contributed by atoms with Crippen LogP contribution in [0.25, 0.3) is 11.0 Å². The minimum atomic E-state index is -0.156. The maximum atomic E-state index is 12.9. The fourth-order valence-electron chi connectivity index (χ4n) is 4.91. The van der Waals surface area contributed by atoms with E-state index in [1.54, 1.807) is 4.57 Å². The van der Waals surface area contributed by atoms with Gasteiger partial charge in [0, 0.05) is 37.2 Å². The summed E-state index contributed by atoms with van der Waals surface area (Å²) in [5, 5.41) is 7.38. The fraction of sp³-hybridized carbons (Fsp3) is 0.450. The molecule has 1 fully saturated rings. The zero-order chi connectivity index (χ0) is 18.4. The van der Waals surface area contributed by atoms with E-state index < -0.39 is 0 Å². The van der Waals surface area contributed by atoms with Gasteiger partial charge in [0.05, 0.1) is 17.2 Å². The second kappa shape index (κ2) is 6.11. The van der Waals surface area contributed by atoms with Crippen molar-refractivity contribution in [3.05, 3.63) is 52.2 Å². The number of hydrogen-bond acceptors (Lipinski definition) is 3. The highest BCUT2D eigenvalue weighted by Gasteiger charge is 2.44. The van der Waals surface area contributed by atoms with E-state index in [0.29, 0.717) is 13.0 Å². The number of aromatic amines is 2. The fourth-order valence-corrected chi connectivity index (χ4v) is 4.91. The van der Waals surface area contributed by atoms with Gasteiger partial charge in [0.2, 0.25) is 5.91 Å². The summed E-state index contributed by atoms with van der Waals surface area (Å²) in [4.78, 5) is 30.0. The van der Waals surface area contributed by atoms with Gasteiger partial charge in [-0.05, 0) is 43.4 Å². The molecule has 3 heterocycles. The number of H-pyrrole nitrogens is 2. The molecular formula is C20H23N5O2. The highest BCUT2D eigenvalue weighted by molar-refractivity contribution is 5.78. The number of likely N-dealkylation sites (tertiary alicyclic amines) is 1. The van der Waals surface area contributed by atoms with E-state index in [0.717, 1.165) is 49.8 Å². The van der Waals surface area contributed by atoms with E-state index in [1.807, 2.05) is 35.4 Å². The van der Waals surface area contributed by atoms with Crippen molar-refractivity contribution in [1.82, 2.24) is 24.6 Å². The molecule has 5 rings (SSSR count). The number of para-hydroxylation sites is 2. The largest absolute Gasteiger partial charge is 0.342 e. The summed E-state index contributed by atoms with van der Waals surface area (Å²) < 4.78 is 1.66. The molecule has 1 amide bonds. The normalized spacial score (nSPS) is 21.9. The Morgan fingerprint density at radius 1 is 1.26 bits per heavy atom. The van der Waals surface area contributed by atoms with Crippen LogP contribution in [0.1, 0.15) is 36.9 Å². The molecule has 0 radical (unpaired) electrons. The summed E-state index contributed by atoms with van der Waals surface area (Å²) in [6.45, 7) is 1.96. The number of imidazole rings is 1. The van der Waals surface area contributed by atoms with Gasteiger partial charge in [-0.25, -0.2) is 4.79 Å². The maximum Gasteiger partial charge on any atom is 0.326 e. The lowest BCUT2D eigenvalue weighted by Crippen LogP contribution is -2.48. The van der Waals surface area contributed by atoms with Crippen LogP contribution in [-0.4, -0.2) is 43.6 Å². The second-order valence-electron chi connectivity index (χ2n) is 7.82. The lowest BCUT2D eigenvalue weighted by molar-refractivity contribution is -0.133. The first-order valence-corrected chi connectivity index (χ1v) is 9.64. The van der Waals surface area contributed by atoms with Gasteiger partial charge >= 0.3 is 5.69 Å². The number of nitrogens with one attached hydrogen (secondary N) is 2. The number of fused-ring (bicyclic) bond motifs is 3. The third-order valence-electron chi connectivity index (χ3n) is 6.28. The molecule has 1 saturated heterocycles. The number of hydrogen-bond donors (Lipinski definition) is 2. The molecular weight excluding hydrogens is 342 g/mol. The summed E-state index contributed by atoms with van der Waals surface area (Å²) in [6, 6.07) is 7.59. The Morgan fingerprint density at radius 2 is 2.15 bits per heavy atom. The first-order valence-electron chi connectivity index (χ1n) is 9.64. The van der Waals surface area contributed by atoms with Crippen molar-refractivity contribution in [2.45, 2.75) is 44.1 Å². The number of rotatable bonds is 3. The SMILES string of the molecule is O=C(CCn1c(=O)[nH]c2ccccc21)N1CCCC2(CCc3cn[nH]c32)C1. The smallest absolute Gasteiger partial charge is 0.326 e. The molecule has 7 heteroatoms. The molecule has 3 aromatic rings. The number of benzene rings is 1. The Bertz CT molecular complexity index is 1060. The van der Waals surface area contributed by atoms with Gasteiger partial charge in [0.1, 0.15) is 0 Å². The Labute approximate surface area is 156 Å². The molecule has 140 valence electrons. The van der Waals surface area contributed by atoms with Crippen LogP contribution in [0, 0.1) is 0 Å². The highest BCUT2D eigenvalue weighted by atomic mass is 16.2. The summed E-state index contributed by atoms with van der Waals surface area (Å²) >= 11 is 0. The number of aryl methyl sites for hydroxylation is 2. The quantitative estimate of drug-likeness (QED) is 0.744. The summed E-state index contributed by atoms with van der Waals surface area (Å²) in [7, 11) is 0. The summed E-state index contributed by atoms with van der Waals surface area (Å²) in [5.41, 5.74) is 4.07. The topological polar surface area (TPSA) is 86.8 Å². The number of aromatic nitrogens is 4. The Balaban J connectivity index is 1.32. The first-order chi connectivity index (χ1) is 13.2. The van der Waals surface area contributed by atoms with Gasteiger partial charge in [-0.1, -0.05) is 12.1 Å². The van der Waals surface area contributed by atoms with Gasteiger partial charge in [-0.2, -0.15) is 5.10 Å². The Hall–Kier alpha value is -2.83. The van der Waals surface area contributed by atoms with Crippen molar-refractivity contribution in [3.63, 3.8) is 0 Å². The lowest BCUT2D eigenvalue weighted by Gasteiger charge is -2.40.